The summed E-state index contributed by atoms with van der Waals surface area (Å²) in [4.78, 5) is 2.50. The Morgan fingerprint density at radius 1 is 1.40 bits per heavy atom. The van der Waals surface area contributed by atoms with Gasteiger partial charge in [-0.3, -0.25) is 4.90 Å². The first-order valence-corrected chi connectivity index (χ1v) is 7.46. The molecular formula is C16H26N2O2. The van der Waals surface area contributed by atoms with E-state index in [4.69, 9.17) is 10.5 Å². The number of methoxy groups -OCH3 is 1. The Morgan fingerprint density at radius 3 is 2.70 bits per heavy atom. The van der Waals surface area contributed by atoms with Crippen LogP contribution in [0, 0.1) is 5.92 Å². The SMILES string of the molecule is COc1cc(C(C)N2CCC(CCN)CC2)ccc1O. The Kier molecular flexibility index (Phi) is 5.26. The molecule has 0 saturated carbocycles. The van der Waals surface area contributed by atoms with Gasteiger partial charge < -0.3 is 15.6 Å². The van der Waals surface area contributed by atoms with Gasteiger partial charge in [0.1, 0.15) is 0 Å². The van der Waals surface area contributed by atoms with Crippen molar-refractivity contribution < 1.29 is 9.84 Å². The lowest BCUT2D eigenvalue weighted by Crippen LogP contribution is -2.36. The molecule has 0 aromatic heterocycles. The molecule has 1 aromatic rings. The third-order valence-corrected chi connectivity index (χ3v) is 4.46. The lowest BCUT2D eigenvalue weighted by molar-refractivity contribution is 0.138. The summed E-state index contributed by atoms with van der Waals surface area (Å²) in [5.74, 6) is 1.54. The van der Waals surface area contributed by atoms with Crippen LogP contribution >= 0.6 is 0 Å². The first kappa shape index (κ1) is 15.1. The van der Waals surface area contributed by atoms with Crippen molar-refractivity contribution in [1.82, 2.24) is 4.90 Å². The zero-order valence-corrected chi connectivity index (χ0v) is 12.5. The van der Waals surface area contributed by atoms with E-state index in [0.29, 0.717) is 11.8 Å². The van der Waals surface area contributed by atoms with Gasteiger partial charge in [-0.15, -0.1) is 0 Å². The predicted octanol–water partition coefficient (Wildman–Crippen LogP) is 2.52. The molecule has 0 spiro atoms. The van der Waals surface area contributed by atoms with Crippen molar-refractivity contribution in [2.24, 2.45) is 11.7 Å². The molecule has 1 aromatic carbocycles. The van der Waals surface area contributed by atoms with Crippen LogP contribution in [0.1, 0.15) is 37.8 Å². The number of hydrogen-bond acceptors (Lipinski definition) is 4. The minimum Gasteiger partial charge on any atom is -0.504 e. The van der Waals surface area contributed by atoms with Gasteiger partial charge in [-0.25, -0.2) is 0 Å². The molecule has 0 bridgehead atoms. The van der Waals surface area contributed by atoms with Gasteiger partial charge in [0.15, 0.2) is 11.5 Å². The van der Waals surface area contributed by atoms with E-state index in [1.54, 1.807) is 13.2 Å². The molecule has 1 saturated heterocycles. The van der Waals surface area contributed by atoms with E-state index >= 15 is 0 Å². The second-order valence-electron chi connectivity index (χ2n) is 5.66. The number of ether oxygens (including phenoxy) is 1. The second kappa shape index (κ2) is 6.95. The number of nitrogens with two attached hydrogens (primary N) is 1. The fraction of sp³-hybridized carbons (Fsp3) is 0.625. The normalized spacial score (nSPS) is 18.9. The van der Waals surface area contributed by atoms with Crippen molar-refractivity contribution in [1.29, 1.82) is 0 Å². The highest BCUT2D eigenvalue weighted by Crippen LogP contribution is 2.33. The maximum absolute atomic E-state index is 9.67. The summed E-state index contributed by atoms with van der Waals surface area (Å²) in [6, 6.07) is 5.98. The number of piperidine rings is 1. The molecule has 1 atom stereocenters. The molecule has 2 rings (SSSR count). The summed E-state index contributed by atoms with van der Waals surface area (Å²) >= 11 is 0. The molecule has 0 aliphatic carbocycles. The zero-order valence-electron chi connectivity index (χ0n) is 12.5. The summed E-state index contributed by atoms with van der Waals surface area (Å²) in [5, 5.41) is 9.67. The van der Waals surface area contributed by atoms with Crippen LogP contribution in [0.4, 0.5) is 0 Å². The number of likely N-dealkylation sites (tertiary alicyclic amines) is 1. The van der Waals surface area contributed by atoms with Crippen molar-refractivity contribution in [3.05, 3.63) is 23.8 Å². The van der Waals surface area contributed by atoms with E-state index in [1.165, 1.54) is 18.4 Å². The van der Waals surface area contributed by atoms with Crippen molar-refractivity contribution in [2.45, 2.75) is 32.2 Å². The molecule has 1 aliphatic heterocycles. The average Bonchev–Trinajstić information content (AvgIpc) is 2.48. The molecule has 1 unspecified atom stereocenters. The molecule has 112 valence electrons. The molecule has 20 heavy (non-hydrogen) atoms. The topological polar surface area (TPSA) is 58.7 Å². The summed E-state index contributed by atoms with van der Waals surface area (Å²) < 4.78 is 5.19. The van der Waals surface area contributed by atoms with Gasteiger partial charge in [0.05, 0.1) is 7.11 Å². The van der Waals surface area contributed by atoms with E-state index < -0.39 is 0 Å². The number of benzene rings is 1. The predicted molar refractivity (Wildman–Crippen MR) is 81.0 cm³/mol. The maximum Gasteiger partial charge on any atom is 0.160 e. The highest BCUT2D eigenvalue weighted by atomic mass is 16.5. The number of nitrogens with zero attached hydrogens (tertiary/aromatic N) is 1. The highest BCUT2D eigenvalue weighted by molar-refractivity contribution is 5.42. The molecule has 1 aliphatic rings. The van der Waals surface area contributed by atoms with Gasteiger partial charge >= 0.3 is 0 Å². The number of aromatic hydroxyl groups is 1. The fourth-order valence-corrected chi connectivity index (χ4v) is 3.03. The van der Waals surface area contributed by atoms with Gasteiger partial charge in [0.25, 0.3) is 0 Å². The molecule has 4 heteroatoms. The maximum atomic E-state index is 9.67. The third kappa shape index (κ3) is 3.44. The second-order valence-corrected chi connectivity index (χ2v) is 5.66. The van der Waals surface area contributed by atoms with Gasteiger partial charge in [-0.05, 0) is 69.4 Å². The summed E-state index contributed by atoms with van der Waals surface area (Å²) in [6.07, 6.45) is 3.61. The summed E-state index contributed by atoms with van der Waals surface area (Å²) in [7, 11) is 1.59. The van der Waals surface area contributed by atoms with Crippen LogP contribution < -0.4 is 10.5 Å². The average molecular weight is 278 g/mol. The first-order valence-electron chi connectivity index (χ1n) is 7.46. The molecular weight excluding hydrogens is 252 g/mol. The van der Waals surface area contributed by atoms with Crippen LogP contribution in [0.25, 0.3) is 0 Å². The molecule has 0 radical (unpaired) electrons. The van der Waals surface area contributed by atoms with Crippen LogP contribution in [0.3, 0.4) is 0 Å². The number of rotatable bonds is 5. The fourth-order valence-electron chi connectivity index (χ4n) is 3.03. The van der Waals surface area contributed by atoms with Crippen molar-refractivity contribution in [2.75, 3.05) is 26.7 Å². The van der Waals surface area contributed by atoms with Crippen molar-refractivity contribution in [3.63, 3.8) is 0 Å². The van der Waals surface area contributed by atoms with Crippen LogP contribution in [-0.4, -0.2) is 36.8 Å². The van der Waals surface area contributed by atoms with Gasteiger partial charge in [0, 0.05) is 6.04 Å². The van der Waals surface area contributed by atoms with Crippen LogP contribution in [0.2, 0.25) is 0 Å². The molecule has 4 nitrogen and oxygen atoms in total. The molecule has 1 fully saturated rings. The Labute approximate surface area is 121 Å². The molecule has 0 amide bonds. The summed E-state index contributed by atoms with van der Waals surface area (Å²) in [5.41, 5.74) is 6.83. The van der Waals surface area contributed by atoms with Crippen molar-refractivity contribution in [3.8, 4) is 11.5 Å². The number of phenolic OH excluding ortho intramolecular Hbond substituents is 1. The van der Waals surface area contributed by atoms with E-state index in [-0.39, 0.29) is 5.75 Å². The van der Waals surface area contributed by atoms with Crippen molar-refractivity contribution >= 4 is 0 Å². The lowest BCUT2D eigenvalue weighted by Gasteiger charge is -2.36. The minimum atomic E-state index is 0.199. The number of hydrogen-bond donors (Lipinski definition) is 2. The molecule has 1 heterocycles. The molecule has 3 N–H and O–H groups in total. The van der Waals surface area contributed by atoms with Gasteiger partial charge in [0.2, 0.25) is 0 Å². The number of phenols is 1. The third-order valence-electron chi connectivity index (χ3n) is 4.46. The summed E-state index contributed by atoms with van der Waals surface area (Å²) in [6.45, 7) is 5.26. The van der Waals surface area contributed by atoms with E-state index in [2.05, 4.69) is 11.8 Å². The smallest absolute Gasteiger partial charge is 0.160 e. The highest BCUT2D eigenvalue weighted by Gasteiger charge is 2.23. The Bertz CT molecular complexity index is 428. The largest absolute Gasteiger partial charge is 0.504 e. The Hall–Kier alpha value is -1.26. The quantitative estimate of drug-likeness (QED) is 0.869. The van der Waals surface area contributed by atoms with Crippen LogP contribution in [0.15, 0.2) is 18.2 Å². The van der Waals surface area contributed by atoms with E-state index in [9.17, 15) is 5.11 Å². The monoisotopic (exact) mass is 278 g/mol. The Balaban J connectivity index is 1.99. The Morgan fingerprint density at radius 2 is 2.10 bits per heavy atom. The van der Waals surface area contributed by atoms with E-state index in [0.717, 1.165) is 32.0 Å². The zero-order chi connectivity index (χ0) is 14.5. The van der Waals surface area contributed by atoms with E-state index in [1.807, 2.05) is 12.1 Å². The van der Waals surface area contributed by atoms with Gasteiger partial charge in [-0.2, -0.15) is 0 Å². The van der Waals surface area contributed by atoms with Crippen LogP contribution in [0.5, 0.6) is 11.5 Å². The minimum absolute atomic E-state index is 0.199. The van der Waals surface area contributed by atoms with Crippen LogP contribution in [-0.2, 0) is 0 Å². The first-order chi connectivity index (χ1) is 9.65. The van der Waals surface area contributed by atoms with Gasteiger partial charge in [-0.1, -0.05) is 6.07 Å². The lowest BCUT2D eigenvalue weighted by atomic mass is 9.92. The standard InChI is InChI=1S/C16H26N2O2/c1-12(14-3-4-15(19)16(11-14)20-2)18-9-6-13(5-8-17)7-10-18/h3-4,11-13,19H,5-10,17H2,1-2H3.